The highest BCUT2D eigenvalue weighted by molar-refractivity contribution is 7.91. The quantitative estimate of drug-likeness (QED) is 0.530. The maximum atomic E-state index is 12.7. The second-order valence-corrected chi connectivity index (χ2v) is 11.1. The number of halogens is 4. The van der Waals surface area contributed by atoms with Crippen molar-refractivity contribution in [3.8, 4) is 11.5 Å². The van der Waals surface area contributed by atoms with Gasteiger partial charge in [0.05, 0.1) is 9.90 Å². The number of hydrogen-bond acceptors (Lipinski definition) is 7. The third-order valence-corrected chi connectivity index (χ3v) is 8.68. The van der Waals surface area contributed by atoms with E-state index >= 15 is 0 Å². The Morgan fingerprint density at radius 1 is 1.12 bits per heavy atom. The number of thiophene rings is 1. The molecule has 33 heavy (non-hydrogen) atoms. The smallest absolute Gasteiger partial charge is 0.403 e. The zero-order valence-electron chi connectivity index (χ0n) is 16.7. The number of aromatic nitrogens is 2. The van der Waals surface area contributed by atoms with E-state index in [9.17, 15) is 26.4 Å². The Morgan fingerprint density at radius 2 is 1.79 bits per heavy atom. The topological polar surface area (TPSA) is 105 Å². The molecule has 0 aliphatic carbocycles. The molecule has 1 amide bonds. The molecule has 0 unspecified atom stereocenters. The first kappa shape index (κ1) is 23.7. The van der Waals surface area contributed by atoms with Crippen molar-refractivity contribution in [2.45, 2.75) is 23.2 Å². The Kier molecular flexibility index (Phi) is 6.49. The molecule has 176 valence electrons. The van der Waals surface area contributed by atoms with Crippen molar-refractivity contribution < 1.29 is 30.8 Å². The molecule has 0 spiro atoms. The van der Waals surface area contributed by atoms with Gasteiger partial charge in [0.25, 0.3) is 10.0 Å². The summed E-state index contributed by atoms with van der Waals surface area (Å²) in [5.74, 6) is -0.923. The second kappa shape index (κ2) is 9.05. The number of anilines is 1. The zero-order valence-corrected chi connectivity index (χ0v) is 19.1. The van der Waals surface area contributed by atoms with Crippen molar-refractivity contribution in [2.24, 2.45) is 5.92 Å². The standard InChI is InChI=1S/C19H16ClF3N4O4S2/c20-14-5-6-15(32-14)33(29,30)27-9-7-11(8-10-27)16(28)24-18-26-25-17(31-18)12-1-3-13(4-2-12)19(21,22)23/h1-6,11H,7-10H2,(H,24,26,28). The second-order valence-electron chi connectivity index (χ2n) is 7.21. The molecule has 0 saturated carbocycles. The van der Waals surface area contributed by atoms with Crippen molar-refractivity contribution in [3.63, 3.8) is 0 Å². The number of hydrogen-bond donors (Lipinski definition) is 1. The van der Waals surface area contributed by atoms with Gasteiger partial charge in [-0.2, -0.15) is 17.5 Å². The lowest BCUT2D eigenvalue weighted by molar-refractivity contribution is -0.137. The number of rotatable bonds is 5. The summed E-state index contributed by atoms with van der Waals surface area (Å²) in [6.07, 6.45) is -3.87. The van der Waals surface area contributed by atoms with Crippen LogP contribution in [0.5, 0.6) is 0 Å². The van der Waals surface area contributed by atoms with Crippen LogP contribution >= 0.6 is 22.9 Å². The molecular weight excluding hydrogens is 505 g/mol. The van der Waals surface area contributed by atoms with Crippen LogP contribution < -0.4 is 5.32 Å². The summed E-state index contributed by atoms with van der Waals surface area (Å²) in [6, 6.07) is 6.94. The molecule has 0 radical (unpaired) electrons. The van der Waals surface area contributed by atoms with Gasteiger partial charge in [0, 0.05) is 24.6 Å². The maximum Gasteiger partial charge on any atom is 0.416 e. The summed E-state index contributed by atoms with van der Waals surface area (Å²) >= 11 is 6.80. The van der Waals surface area contributed by atoms with Gasteiger partial charge in [-0.1, -0.05) is 16.7 Å². The maximum absolute atomic E-state index is 12.7. The molecule has 0 atom stereocenters. The molecule has 1 N–H and O–H groups in total. The molecule has 8 nitrogen and oxygen atoms in total. The van der Waals surface area contributed by atoms with Gasteiger partial charge in [0.1, 0.15) is 4.21 Å². The van der Waals surface area contributed by atoms with E-state index in [1.54, 1.807) is 0 Å². The molecule has 1 fully saturated rings. The molecule has 2 aromatic heterocycles. The van der Waals surface area contributed by atoms with Crippen molar-refractivity contribution in [1.29, 1.82) is 0 Å². The third-order valence-electron chi connectivity index (χ3n) is 5.08. The van der Waals surface area contributed by atoms with Crippen LogP contribution in [-0.2, 0) is 21.0 Å². The Labute approximate surface area is 195 Å². The number of carbonyl (C=O) groups excluding carboxylic acids is 1. The van der Waals surface area contributed by atoms with Gasteiger partial charge in [-0.25, -0.2) is 8.42 Å². The van der Waals surface area contributed by atoms with E-state index < -0.39 is 33.6 Å². The van der Waals surface area contributed by atoms with Gasteiger partial charge < -0.3 is 4.42 Å². The summed E-state index contributed by atoms with van der Waals surface area (Å²) in [7, 11) is -3.66. The molecule has 1 saturated heterocycles. The van der Waals surface area contributed by atoms with E-state index in [1.165, 1.54) is 28.6 Å². The van der Waals surface area contributed by atoms with E-state index in [-0.39, 0.29) is 34.8 Å². The summed E-state index contributed by atoms with van der Waals surface area (Å²) in [5.41, 5.74) is -0.544. The molecule has 14 heteroatoms. The molecule has 1 aliphatic rings. The minimum atomic E-state index is -4.46. The first-order valence-electron chi connectivity index (χ1n) is 9.61. The molecule has 3 heterocycles. The fraction of sp³-hybridized carbons (Fsp3) is 0.316. The van der Waals surface area contributed by atoms with Crippen LogP contribution in [0.15, 0.2) is 45.0 Å². The molecule has 0 bridgehead atoms. The Hall–Kier alpha value is -2.48. The molecule has 1 aromatic carbocycles. The van der Waals surface area contributed by atoms with E-state index in [0.717, 1.165) is 23.5 Å². The van der Waals surface area contributed by atoms with Gasteiger partial charge in [-0.15, -0.1) is 16.4 Å². The largest absolute Gasteiger partial charge is 0.416 e. The van der Waals surface area contributed by atoms with Crippen LogP contribution in [-0.4, -0.2) is 41.9 Å². The zero-order chi connectivity index (χ0) is 23.8. The number of sulfonamides is 1. The van der Waals surface area contributed by atoms with Crippen LogP contribution in [0.4, 0.5) is 19.2 Å². The highest BCUT2D eigenvalue weighted by Crippen LogP contribution is 2.32. The van der Waals surface area contributed by atoms with Gasteiger partial charge in [-0.3, -0.25) is 10.1 Å². The molecule has 1 aliphatic heterocycles. The lowest BCUT2D eigenvalue weighted by Crippen LogP contribution is -2.41. The fourth-order valence-electron chi connectivity index (χ4n) is 3.32. The van der Waals surface area contributed by atoms with Gasteiger partial charge in [-0.05, 0) is 49.2 Å². The molecular formula is C19H16ClF3N4O4S2. The number of piperidine rings is 1. The number of carbonyl (C=O) groups is 1. The summed E-state index contributed by atoms with van der Waals surface area (Å²) < 4.78 is 70.6. The van der Waals surface area contributed by atoms with Crippen LogP contribution in [0.1, 0.15) is 18.4 Å². The summed E-state index contributed by atoms with van der Waals surface area (Å²) in [4.78, 5) is 12.6. The average molecular weight is 521 g/mol. The van der Waals surface area contributed by atoms with Crippen molar-refractivity contribution in [2.75, 3.05) is 18.4 Å². The van der Waals surface area contributed by atoms with Gasteiger partial charge >= 0.3 is 12.2 Å². The van der Waals surface area contributed by atoms with Crippen LogP contribution in [0, 0.1) is 5.92 Å². The lowest BCUT2D eigenvalue weighted by Gasteiger charge is -2.29. The third kappa shape index (κ3) is 5.21. The van der Waals surface area contributed by atoms with Crippen molar-refractivity contribution >= 4 is 44.9 Å². The minimum Gasteiger partial charge on any atom is -0.403 e. The van der Waals surface area contributed by atoms with Crippen molar-refractivity contribution in [1.82, 2.24) is 14.5 Å². The highest BCUT2D eigenvalue weighted by atomic mass is 35.5. The Bertz CT molecular complexity index is 1250. The predicted molar refractivity (Wildman–Crippen MR) is 114 cm³/mol. The number of nitrogens with zero attached hydrogens (tertiary/aromatic N) is 3. The summed E-state index contributed by atoms with van der Waals surface area (Å²) in [6.45, 7) is 0.327. The van der Waals surface area contributed by atoms with E-state index in [0.29, 0.717) is 17.2 Å². The molecule has 3 aromatic rings. The Morgan fingerprint density at radius 3 is 2.36 bits per heavy atom. The number of amides is 1. The monoisotopic (exact) mass is 520 g/mol. The van der Waals surface area contributed by atoms with Crippen molar-refractivity contribution in [3.05, 3.63) is 46.3 Å². The Balaban J connectivity index is 1.35. The van der Waals surface area contributed by atoms with Crippen LogP contribution in [0.3, 0.4) is 0 Å². The predicted octanol–water partition coefficient (Wildman–Crippen LogP) is 4.51. The van der Waals surface area contributed by atoms with E-state index in [2.05, 4.69) is 15.5 Å². The summed E-state index contributed by atoms with van der Waals surface area (Å²) in [5, 5.41) is 9.94. The van der Waals surface area contributed by atoms with E-state index in [4.69, 9.17) is 16.0 Å². The SMILES string of the molecule is O=C(Nc1nnc(-c2ccc(C(F)(F)F)cc2)o1)C1CCN(S(=O)(=O)c2ccc(Cl)s2)CC1. The number of alkyl halides is 3. The normalized spacial score (nSPS) is 16.1. The van der Waals surface area contributed by atoms with Crippen LogP contribution in [0.25, 0.3) is 11.5 Å². The number of benzene rings is 1. The van der Waals surface area contributed by atoms with E-state index in [1.807, 2.05) is 0 Å². The molecule has 4 rings (SSSR count). The van der Waals surface area contributed by atoms with Gasteiger partial charge in [0.15, 0.2) is 0 Å². The first-order chi connectivity index (χ1) is 15.5. The lowest BCUT2D eigenvalue weighted by atomic mass is 9.97. The van der Waals surface area contributed by atoms with Gasteiger partial charge in [0.2, 0.25) is 11.8 Å². The number of nitrogens with one attached hydrogen (secondary N) is 1. The fourth-order valence-corrected chi connectivity index (χ4v) is 6.43. The average Bonchev–Trinajstić information content (AvgIpc) is 3.43. The first-order valence-corrected chi connectivity index (χ1v) is 12.2. The van der Waals surface area contributed by atoms with Crippen LogP contribution in [0.2, 0.25) is 4.34 Å². The highest BCUT2D eigenvalue weighted by Gasteiger charge is 2.33. The minimum absolute atomic E-state index is 0.0467.